The van der Waals surface area contributed by atoms with Gasteiger partial charge >= 0.3 is 0 Å². The Balaban J connectivity index is 2.27. The van der Waals surface area contributed by atoms with Crippen LogP contribution in [0.1, 0.15) is 17.2 Å². The van der Waals surface area contributed by atoms with Gasteiger partial charge in [-0.25, -0.2) is 0 Å². The van der Waals surface area contributed by atoms with Gasteiger partial charge in [-0.1, -0.05) is 48.0 Å². The third-order valence-electron chi connectivity index (χ3n) is 2.90. The summed E-state index contributed by atoms with van der Waals surface area (Å²) in [4.78, 5) is 11.6. The monoisotopic (exact) mass is 274 g/mol. The molecule has 4 heteroatoms. The first-order chi connectivity index (χ1) is 9.08. The number of halogens is 1. The summed E-state index contributed by atoms with van der Waals surface area (Å²) in [6.45, 7) is 1.93. The Kier molecular flexibility index (Phi) is 4.07. The molecule has 19 heavy (non-hydrogen) atoms. The van der Waals surface area contributed by atoms with Crippen LogP contribution in [0, 0.1) is 6.92 Å². The van der Waals surface area contributed by atoms with Gasteiger partial charge in [0.25, 0.3) is 0 Å². The van der Waals surface area contributed by atoms with Crippen LogP contribution in [-0.4, -0.2) is 5.91 Å². The molecule has 1 amide bonds. The van der Waals surface area contributed by atoms with Crippen molar-refractivity contribution < 1.29 is 4.79 Å². The van der Waals surface area contributed by atoms with Crippen molar-refractivity contribution in [3.63, 3.8) is 0 Å². The van der Waals surface area contributed by atoms with E-state index in [1.165, 1.54) is 0 Å². The molecule has 0 aliphatic carbocycles. The molecule has 1 atom stereocenters. The number of carbonyl (C=O) groups excluding carboxylic acids is 1. The van der Waals surface area contributed by atoms with Crippen LogP contribution in [0.5, 0.6) is 0 Å². The quantitative estimate of drug-likeness (QED) is 0.899. The molecule has 98 valence electrons. The molecule has 2 aromatic rings. The van der Waals surface area contributed by atoms with E-state index >= 15 is 0 Å². The van der Waals surface area contributed by atoms with E-state index in [-0.39, 0.29) is 0 Å². The first kappa shape index (κ1) is 13.4. The number of amides is 1. The second-order valence-electron chi connectivity index (χ2n) is 4.35. The number of anilines is 1. The highest BCUT2D eigenvalue weighted by Gasteiger charge is 2.17. The molecule has 0 saturated heterocycles. The van der Waals surface area contributed by atoms with Crippen molar-refractivity contribution in [3.8, 4) is 0 Å². The number of hydrogen-bond donors (Lipinski definition) is 2. The maximum Gasteiger partial charge on any atom is 0.244 e. The maximum absolute atomic E-state index is 11.6. The van der Waals surface area contributed by atoms with Crippen LogP contribution in [0.15, 0.2) is 48.5 Å². The zero-order valence-electron chi connectivity index (χ0n) is 10.6. The SMILES string of the molecule is Cc1ccc(N[C@H](C(N)=O)c2ccccc2)cc1Cl. The zero-order chi connectivity index (χ0) is 13.8. The Morgan fingerprint density at radius 2 is 1.89 bits per heavy atom. The average Bonchev–Trinajstić information content (AvgIpc) is 2.40. The van der Waals surface area contributed by atoms with Gasteiger partial charge in [-0.15, -0.1) is 0 Å². The van der Waals surface area contributed by atoms with Gasteiger partial charge in [0.05, 0.1) is 0 Å². The lowest BCUT2D eigenvalue weighted by Gasteiger charge is -2.17. The molecule has 0 heterocycles. The summed E-state index contributed by atoms with van der Waals surface area (Å²) in [6, 6.07) is 14.3. The standard InChI is InChI=1S/C15H15ClN2O/c1-10-7-8-12(9-13(10)16)18-14(15(17)19)11-5-3-2-4-6-11/h2-9,14,18H,1H3,(H2,17,19)/t14-/m0/s1. The smallest absolute Gasteiger partial charge is 0.244 e. The molecular weight excluding hydrogens is 260 g/mol. The van der Waals surface area contributed by atoms with Gasteiger partial charge in [0.2, 0.25) is 5.91 Å². The molecule has 0 unspecified atom stereocenters. The Morgan fingerprint density at radius 1 is 1.21 bits per heavy atom. The lowest BCUT2D eigenvalue weighted by molar-refractivity contribution is -0.118. The van der Waals surface area contributed by atoms with E-state index in [0.717, 1.165) is 16.8 Å². The first-order valence-electron chi connectivity index (χ1n) is 5.95. The van der Waals surface area contributed by atoms with Crippen LogP contribution in [-0.2, 0) is 4.79 Å². The Hall–Kier alpha value is -2.00. The van der Waals surface area contributed by atoms with Crippen molar-refractivity contribution in [1.29, 1.82) is 0 Å². The fourth-order valence-corrected chi connectivity index (χ4v) is 1.99. The third kappa shape index (κ3) is 3.26. The summed E-state index contributed by atoms with van der Waals surface area (Å²) < 4.78 is 0. The van der Waals surface area contributed by atoms with Crippen molar-refractivity contribution in [2.24, 2.45) is 5.73 Å². The van der Waals surface area contributed by atoms with Gasteiger partial charge in [-0.2, -0.15) is 0 Å². The number of hydrogen-bond acceptors (Lipinski definition) is 2. The number of carbonyl (C=O) groups is 1. The van der Waals surface area contributed by atoms with E-state index in [2.05, 4.69) is 5.32 Å². The molecule has 0 radical (unpaired) electrons. The van der Waals surface area contributed by atoms with Crippen LogP contribution in [0.3, 0.4) is 0 Å². The highest BCUT2D eigenvalue weighted by molar-refractivity contribution is 6.31. The molecule has 0 aliphatic rings. The third-order valence-corrected chi connectivity index (χ3v) is 3.31. The molecule has 0 spiro atoms. The van der Waals surface area contributed by atoms with Gasteiger partial charge < -0.3 is 11.1 Å². The van der Waals surface area contributed by atoms with E-state index in [9.17, 15) is 4.79 Å². The van der Waals surface area contributed by atoms with Gasteiger partial charge in [-0.3, -0.25) is 4.79 Å². The summed E-state index contributed by atoms with van der Waals surface area (Å²) >= 11 is 6.07. The van der Waals surface area contributed by atoms with Crippen LogP contribution in [0.2, 0.25) is 5.02 Å². The fraction of sp³-hybridized carbons (Fsp3) is 0.133. The second-order valence-corrected chi connectivity index (χ2v) is 4.76. The lowest BCUT2D eigenvalue weighted by Crippen LogP contribution is -2.27. The topological polar surface area (TPSA) is 55.1 Å². The summed E-state index contributed by atoms with van der Waals surface area (Å²) in [5.41, 5.74) is 8.03. The van der Waals surface area contributed by atoms with E-state index in [1.54, 1.807) is 6.07 Å². The first-order valence-corrected chi connectivity index (χ1v) is 6.32. The molecule has 2 rings (SSSR count). The summed E-state index contributed by atoms with van der Waals surface area (Å²) in [5.74, 6) is -0.428. The summed E-state index contributed by atoms with van der Waals surface area (Å²) in [7, 11) is 0. The van der Waals surface area contributed by atoms with Crippen LogP contribution >= 0.6 is 11.6 Å². The number of aryl methyl sites for hydroxylation is 1. The van der Waals surface area contributed by atoms with Crippen LogP contribution in [0.25, 0.3) is 0 Å². The van der Waals surface area contributed by atoms with E-state index < -0.39 is 11.9 Å². The zero-order valence-corrected chi connectivity index (χ0v) is 11.3. The minimum atomic E-state index is -0.569. The molecule has 0 aromatic heterocycles. The number of benzene rings is 2. The van der Waals surface area contributed by atoms with E-state index in [1.807, 2.05) is 49.4 Å². The predicted octanol–water partition coefficient (Wildman–Crippen LogP) is 3.29. The van der Waals surface area contributed by atoms with Gasteiger partial charge in [0.1, 0.15) is 6.04 Å². The molecule has 0 saturated carbocycles. The van der Waals surface area contributed by atoms with Gasteiger partial charge in [-0.05, 0) is 30.2 Å². The second kappa shape index (κ2) is 5.76. The van der Waals surface area contributed by atoms with Crippen molar-refractivity contribution in [3.05, 3.63) is 64.7 Å². The van der Waals surface area contributed by atoms with E-state index in [0.29, 0.717) is 5.02 Å². The van der Waals surface area contributed by atoms with Crippen LogP contribution < -0.4 is 11.1 Å². The van der Waals surface area contributed by atoms with Crippen molar-refractivity contribution in [2.45, 2.75) is 13.0 Å². The van der Waals surface area contributed by atoms with Gasteiger partial charge in [0.15, 0.2) is 0 Å². The average molecular weight is 275 g/mol. The minimum Gasteiger partial charge on any atom is -0.370 e. The number of primary amides is 1. The lowest BCUT2D eigenvalue weighted by atomic mass is 10.1. The van der Waals surface area contributed by atoms with Crippen molar-refractivity contribution in [1.82, 2.24) is 0 Å². The Bertz CT molecular complexity index is 584. The van der Waals surface area contributed by atoms with Crippen molar-refractivity contribution in [2.75, 3.05) is 5.32 Å². The minimum absolute atomic E-state index is 0.428. The molecule has 0 aliphatic heterocycles. The Labute approximate surface area is 117 Å². The molecule has 3 N–H and O–H groups in total. The number of nitrogens with two attached hydrogens (primary N) is 1. The summed E-state index contributed by atoms with van der Waals surface area (Å²) in [6.07, 6.45) is 0. The highest BCUT2D eigenvalue weighted by atomic mass is 35.5. The molecule has 3 nitrogen and oxygen atoms in total. The predicted molar refractivity (Wildman–Crippen MR) is 78.2 cm³/mol. The molecule has 0 bridgehead atoms. The Morgan fingerprint density at radius 3 is 2.47 bits per heavy atom. The van der Waals surface area contributed by atoms with Gasteiger partial charge in [0, 0.05) is 10.7 Å². The largest absolute Gasteiger partial charge is 0.370 e. The molecule has 2 aromatic carbocycles. The molecular formula is C15H15ClN2O. The highest BCUT2D eigenvalue weighted by Crippen LogP contribution is 2.24. The van der Waals surface area contributed by atoms with Crippen LogP contribution in [0.4, 0.5) is 5.69 Å². The maximum atomic E-state index is 11.6. The fourth-order valence-electron chi connectivity index (χ4n) is 1.81. The normalized spacial score (nSPS) is 11.9. The van der Waals surface area contributed by atoms with Crippen molar-refractivity contribution >= 4 is 23.2 Å². The molecule has 0 fully saturated rings. The number of rotatable bonds is 4. The number of nitrogens with one attached hydrogen (secondary N) is 1. The summed E-state index contributed by atoms with van der Waals surface area (Å²) in [5, 5.41) is 3.76. The van der Waals surface area contributed by atoms with E-state index in [4.69, 9.17) is 17.3 Å².